The lowest BCUT2D eigenvalue weighted by atomic mass is 10.1. The number of carbonyl (C=O) groups is 1. The molecule has 0 amide bonds. The highest BCUT2D eigenvalue weighted by molar-refractivity contribution is 6.30. The van der Waals surface area contributed by atoms with Crippen molar-refractivity contribution < 1.29 is 18.8 Å². The fraction of sp³-hybridized carbons (Fsp3) is 0.211. The average molecular weight is 373 g/mol. The maximum atomic E-state index is 11.4. The molecule has 0 aliphatic rings. The van der Waals surface area contributed by atoms with Crippen molar-refractivity contribution in [3.8, 4) is 5.75 Å². The Morgan fingerprint density at radius 3 is 2.50 bits per heavy atom. The first-order valence-corrected chi connectivity index (χ1v) is 8.35. The second-order valence-corrected chi connectivity index (χ2v) is 6.06. The van der Waals surface area contributed by atoms with E-state index in [0.29, 0.717) is 34.5 Å². The summed E-state index contributed by atoms with van der Waals surface area (Å²) in [6.07, 6.45) is 0.117. The van der Waals surface area contributed by atoms with E-state index in [0.717, 1.165) is 5.56 Å². The van der Waals surface area contributed by atoms with Gasteiger partial charge in [0.2, 0.25) is 0 Å². The van der Waals surface area contributed by atoms with Crippen molar-refractivity contribution >= 4 is 17.6 Å². The molecule has 1 atom stereocenters. The van der Waals surface area contributed by atoms with Gasteiger partial charge in [0, 0.05) is 11.4 Å². The van der Waals surface area contributed by atoms with Crippen molar-refractivity contribution in [2.24, 2.45) is 0 Å². The molecule has 0 N–H and O–H groups in total. The number of benzene rings is 2. The number of aromatic nitrogens is 2. The molecule has 0 radical (unpaired) electrons. The summed E-state index contributed by atoms with van der Waals surface area (Å²) in [6, 6.07) is 14.1. The second-order valence-electron chi connectivity index (χ2n) is 5.63. The maximum absolute atomic E-state index is 11.4. The Hall–Kier alpha value is -2.86. The molecule has 3 rings (SSSR count). The minimum absolute atomic E-state index is 0.381. The lowest BCUT2D eigenvalue weighted by molar-refractivity contribution is 0.0600. The van der Waals surface area contributed by atoms with Crippen molar-refractivity contribution in [1.82, 2.24) is 10.1 Å². The third kappa shape index (κ3) is 4.40. The molecule has 3 aromatic rings. The summed E-state index contributed by atoms with van der Waals surface area (Å²) in [5.74, 6) is 1.14. The molecule has 1 aromatic heterocycles. The van der Waals surface area contributed by atoms with Gasteiger partial charge in [-0.2, -0.15) is 4.98 Å². The van der Waals surface area contributed by atoms with Gasteiger partial charge in [-0.15, -0.1) is 0 Å². The molecular weight excluding hydrogens is 356 g/mol. The van der Waals surface area contributed by atoms with Gasteiger partial charge in [-0.25, -0.2) is 4.79 Å². The molecule has 1 heterocycles. The number of carbonyl (C=O) groups excluding carboxylic acids is 1. The molecule has 134 valence electrons. The molecular formula is C19H17ClN2O4. The lowest BCUT2D eigenvalue weighted by Crippen LogP contribution is -2.05. The first-order valence-electron chi connectivity index (χ1n) is 7.97. The quantitative estimate of drug-likeness (QED) is 0.602. The third-order valence-corrected chi connectivity index (χ3v) is 3.95. The van der Waals surface area contributed by atoms with E-state index in [-0.39, 0.29) is 0 Å². The molecule has 0 spiro atoms. The van der Waals surface area contributed by atoms with Gasteiger partial charge in [0.05, 0.1) is 12.7 Å². The Labute approximate surface area is 155 Å². The van der Waals surface area contributed by atoms with Gasteiger partial charge in [0.15, 0.2) is 11.9 Å². The molecule has 0 saturated heterocycles. The summed E-state index contributed by atoms with van der Waals surface area (Å²) in [4.78, 5) is 15.8. The Kier molecular flexibility index (Phi) is 5.53. The van der Waals surface area contributed by atoms with E-state index in [1.807, 2.05) is 31.2 Å². The molecule has 7 heteroatoms. The van der Waals surface area contributed by atoms with E-state index >= 15 is 0 Å². The number of halogens is 1. The summed E-state index contributed by atoms with van der Waals surface area (Å²) in [7, 11) is 1.34. The van der Waals surface area contributed by atoms with Gasteiger partial charge in [0.1, 0.15) is 5.75 Å². The lowest BCUT2D eigenvalue weighted by Gasteiger charge is -2.10. The number of methoxy groups -OCH3 is 1. The molecule has 0 bridgehead atoms. The van der Waals surface area contributed by atoms with Gasteiger partial charge >= 0.3 is 5.97 Å². The Balaban J connectivity index is 1.63. The highest BCUT2D eigenvalue weighted by Crippen LogP contribution is 2.22. The van der Waals surface area contributed by atoms with Crippen molar-refractivity contribution in [2.45, 2.75) is 19.4 Å². The molecule has 0 aliphatic carbocycles. The highest BCUT2D eigenvalue weighted by Gasteiger charge is 2.16. The van der Waals surface area contributed by atoms with Gasteiger partial charge in [-0.05, 0) is 48.9 Å². The van der Waals surface area contributed by atoms with Crippen LogP contribution in [0.25, 0.3) is 0 Å². The van der Waals surface area contributed by atoms with Crippen LogP contribution in [0.3, 0.4) is 0 Å². The van der Waals surface area contributed by atoms with Crippen LogP contribution in [0.5, 0.6) is 5.75 Å². The number of hydrogen-bond donors (Lipinski definition) is 0. The monoisotopic (exact) mass is 372 g/mol. The summed E-state index contributed by atoms with van der Waals surface area (Å²) >= 11 is 5.88. The fourth-order valence-corrected chi connectivity index (χ4v) is 2.46. The fourth-order valence-electron chi connectivity index (χ4n) is 2.33. The summed E-state index contributed by atoms with van der Waals surface area (Å²) in [5, 5.41) is 4.67. The van der Waals surface area contributed by atoms with Crippen molar-refractivity contribution in [2.75, 3.05) is 7.11 Å². The Morgan fingerprint density at radius 1 is 1.15 bits per heavy atom. The Bertz CT molecular complexity index is 875. The van der Waals surface area contributed by atoms with E-state index < -0.39 is 12.1 Å². The zero-order valence-electron chi connectivity index (χ0n) is 14.3. The standard InChI is InChI=1S/C19H17ClN2O4/c1-12(25-16-9-5-14(6-10-16)19(23)24-2)18-21-17(22-26-18)11-13-3-7-15(20)8-4-13/h3-10,12H,11H2,1-2H3/t12-/m1/s1. The number of nitrogens with zero attached hydrogens (tertiary/aromatic N) is 2. The van der Waals surface area contributed by atoms with E-state index in [1.165, 1.54) is 7.11 Å². The largest absolute Gasteiger partial charge is 0.481 e. The predicted molar refractivity (Wildman–Crippen MR) is 95.4 cm³/mol. The van der Waals surface area contributed by atoms with E-state index in [9.17, 15) is 4.79 Å². The molecule has 0 fully saturated rings. The van der Waals surface area contributed by atoms with Crippen LogP contribution in [0, 0.1) is 0 Å². The van der Waals surface area contributed by atoms with Gasteiger partial charge in [0.25, 0.3) is 5.89 Å². The smallest absolute Gasteiger partial charge is 0.337 e. The zero-order valence-corrected chi connectivity index (χ0v) is 15.1. The number of rotatable bonds is 6. The summed E-state index contributed by atoms with van der Waals surface area (Å²) < 4.78 is 15.7. The second kappa shape index (κ2) is 8.01. The van der Waals surface area contributed by atoms with Crippen LogP contribution in [0.15, 0.2) is 53.1 Å². The van der Waals surface area contributed by atoms with Crippen molar-refractivity contribution in [3.05, 3.63) is 76.4 Å². The van der Waals surface area contributed by atoms with Crippen molar-refractivity contribution in [1.29, 1.82) is 0 Å². The van der Waals surface area contributed by atoms with Crippen LogP contribution in [-0.4, -0.2) is 23.2 Å². The van der Waals surface area contributed by atoms with E-state index in [2.05, 4.69) is 14.9 Å². The van der Waals surface area contributed by atoms with Gasteiger partial charge in [-0.3, -0.25) is 0 Å². The van der Waals surface area contributed by atoms with Crippen LogP contribution in [0.4, 0.5) is 0 Å². The number of esters is 1. The predicted octanol–water partition coefficient (Wildman–Crippen LogP) is 4.24. The van der Waals surface area contributed by atoms with Crippen LogP contribution < -0.4 is 4.74 Å². The number of ether oxygens (including phenoxy) is 2. The van der Waals surface area contributed by atoms with Crippen LogP contribution in [-0.2, 0) is 11.2 Å². The molecule has 2 aromatic carbocycles. The summed E-state index contributed by atoms with van der Waals surface area (Å²) in [6.45, 7) is 1.81. The van der Waals surface area contributed by atoms with Crippen molar-refractivity contribution in [3.63, 3.8) is 0 Å². The normalized spacial score (nSPS) is 11.8. The third-order valence-electron chi connectivity index (χ3n) is 3.70. The first-order chi connectivity index (χ1) is 12.5. The topological polar surface area (TPSA) is 74.5 Å². The molecule has 0 saturated carbocycles. The first kappa shape index (κ1) is 17.9. The number of hydrogen-bond acceptors (Lipinski definition) is 6. The summed E-state index contributed by atoms with van der Waals surface area (Å²) in [5.41, 5.74) is 1.49. The van der Waals surface area contributed by atoms with E-state index in [4.69, 9.17) is 20.9 Å². The molecule has 0 aliphatic heterocycles. The van der Waals surface area contributed by atoms with Crippen LogP contribution in [0.1, 0.15) is 40.7 Å². The maximum Gasteiger partial charge on any atom is 0.337 e. The zero-order chi connectivity index (χ0) is 18.5. The minimum atomic E-state index is -0.426. The molecule has 26 heavy (non-hydrogen) atoms. The molecule has 6 nitrogen and oxygen atoms in total. The molecule has 0 unspecified atom stereocenters. The van der Waals surface area contributed by atoms with E-state index in [1.54, 1.807) is 24.3 Å². The SMILES string of the molecule is COC(=O)c1ccc(O[C@H](C)c2nc(Cc3ccc(Cl)cc3)no2)cc1. The Morgan fingerprint density at radius 2 is 1.85 bits per heavy atom. The average Bonchev–Trinajstić information content (AvgIpc) is 3.12. The van der Waals surface area contributed by atoms with Gasteiger partial charge < -0.3 is 14.0 Å². The van der Waals surface area contributed by atoms with Gasteiger partial charge in [-0.1, -0.05) is 28.9 Å². The minimum Gasteiger partial charge on any atom is -0.481 e. The highest BCUT2D eigenvalue weighted by atomic mass is 35.5. The van der Waals surface area contributed by atoms with Crippen LogP contribution >= 0.6 is 11.6 Å². The van der Waals surface area contributed by atoms with Crippen LogP contribution in [0.2, 0.25) is 5.02 Å².